The number of Topliss-reactive ketones (excluding diaryl/α,β-unsaturated/α-hetero) is 1. The highest BCUT2D eigenvalue weighted by atomic mass is 35.5. The molecule has 8 heteroatoms. The summed E-state index contributed by atoms with van der Waals surface area (Å²) >= 11 is 5.70. The Morgan fingerprint density at radius 2 is 1.71 bits per heavy atom. The van der Waals surface area contributed by atoms with Gasteiger partial charge in [0.15, 0.2) is 5.78 Å². The molecule has 7 nitrogen and oxygen atoms in total. The highest BCUT2D eigenvalue weighted by molar-refractivity contribution is 6.29. The van der Waals surface area contributed by atoms with Crippen LogP contribution in [0.1, 0.15) is 59.2 Å². The number of carboxylic acids is 1. The van der Waals surface area contributed by atoms with E-state index in [1.165, 1.54) is 6.20 Å². The minimum Gasteiger partial charge on any atom is -0.490 e. The predicted molar refractivity (Wildman–Crippen MR) is 116 cm³/mol. The maximum Gasteiger partial charge on any atom is 0.306 e. The molecule has 31 heavy (non-hydrogen) atoms. The van der Waals surface area contributed by atoms with Gasteiger partial charge in [0.1, 0.15) is 10.9 Å². The molecular formula is C23H25ClN2O5. The van der Waals surface area contributed by atoms with E-state index in [2.05, 4.69) is 10.3 Å². The smallest absolute Gasteiger partial charge is 0.306 e. The molecule has 0 atom stereocenters. The van der Waals surface area contributed by atoms with E-state index in [0.717, 1.165) is 12.8 Å². The van der Waals surface area contributed by atoms with Crippen LogP contribution in [-0.2, 0) is 4.79 Å². The van der Waals surface area contributed by atoms with Crippen LogP contribution < -0.4 is 10.1 Å². The number of hydrogen-bond donors (Lipinski definition) is 2. The van der Waals surface area contributed by atoms with E-state index in [0.29, 0.717) is 54.3 Å². The van der Waals surface area contributed by atoms with Crippen LogP contribution in [0.5, 0.6) is 5.75 Å². The Balaban J connectivity index is 1.38. The van der Waals surface area contributed by atoms with Crippen LogP contribution in [0.2, 0.25) is 5.15 Å². The molecule has 1 amide bonds. The van der Waals surface area contributed by atoms with Gasteiger partial charge in [-0.2, -0.15) is 0 Å². The minimum absolute atomic E-state index is 0.00377. The number of halogens is 1. The lowest BCUT2D eigenvalue weighted by atomic mass is 9.87. The van der Waals surface area contributed by atoms with Gasteiger partial charge in [-0.15, -0.1) is 0 Å². The van der Waals surface area contributed by atoms with Gasteiger partial charge in [-0.3, -0.25) is 14.4 Å². The second kappa shape index (κ2) is 10.9. The zero-order valence-corrected chi connectivity index (χ0v) is 17.8. The largest absolute Gasteiger partial charge is 0.490 e. The molecule has 0 spiro atoms. The Morgan fingerprint density at radius 1 is 1.03 bits per heavy atom. The van der Waals surface area contributed by atoms with Crippen molar-refractivity contribution in [3.05, 3.63) is 58.9 Å². The van der Waals surface area contributed by atoms with Crippen LogP contribution in [0.25, 0.3) is 0 Å². The normalized spacial score (nSPS) is 18.2. The second-order valence-electron chi connectivity index (χ2n) is 7.61. The van der Waals surface area contributed by atoms with Gasteiger partial charge in [0.25, 0.3) is 5.91 Å². The lowest BCUT2D eigenvalue weighted by Gasteiger charge is -2.26. The number of ketones is 1. The number of nitrogens with one attached hydrogen (secondary N) is 1. The van der Waals surface area contributed by atoms with Crippen molar-refractivity contribution in [3.8, 4) is 5.75 Å². The number of aromatic nitrogens is 1. The first-order chi connectivity index (χ1) is 14.9. The zero-order chi connectivity index (χ0) is 22.2. The van der Waals surface area contributed by atoms with Crippen molar-refractivity contribution < 1.29 is 24.2 Å². The monoisotopic (exact) mass is 444 g/mol. The number of ether oxygens (including phenoxy) is 1. The Hall–Kier alpha value is -2.93. The number of carboxylic acid groups (broad SMARTS) is 1. The van der Waals surface area contributed by atoms with E-state index >= 15 is 0 Å². The molecule has 164 valence electrons. The third kappa shape index (κ3) is 6.79. The van der Waals surface area contributed by atoms with Gasteiger partial charge in [0.2, 0.25) is 0 Å². The summed E-state index contributed by atoms with van der Waals surface area (Å²) in [5.41, 5.74) is 1.01. The molecule has 1 aliphatic carbocycles. The fourth-order valence-corrected chi connectivity index (χ4v) is 3.66. The van der Waals surface area contributed by atoms with Crippen molar-refractivity contribution >= 4 is 29.3 Å². The molecule has 1 saturated carbocycles. The number of rotatable bonds is 9. The van der Waals surface area contributed by atoms with Crippen molar-refractivity contribution in [1.29, 1.82) is 0 Å². The number of amides is 1. The number of aliphatic carboxylic acids is 1. The minimum atomic E-state index is -0.733. The van der Waals surface area contributed by atoms with Crippen LogP contribution in [-0.4, -0.2) is 40.4 Å². The highest BCUT2D eigenvalue weighted by Crippen LogP contribution is 2.28. The number of pyridine rings is 1. The molecule has 1 aromatic heterocycles. The fourth-order valence-electron chi connectivity index (χ4n) is 3.55. The molecule has 2 N–H and O–H groups in total. The molecule has 0 aliphatic heterocycles. The fraction of sp³-hybridized carbons (Fsp3) is 0.391. The third-order valence-electron chi connectivity index (χ3n) is 5.36. The summed E-state index contributed by atoms with van der Waals surface area (Å²) in [5.74, 6) is -0.582. The Morgan fingerprint density at radius 3 is 2.32 bits per heavy atom. The lowest BCUT2D eigenvalue weighted by Crippen LogP contribution is -2.27. The van der Waals surface area contributed by atoms with Gasteiger partial charge < -0.3 is 15.2 Å². The lowest BCUT2D eigenvalue weighted by molar-refractivity contribution is -0.143. The summed E-state index contributed by atoms with van der Waals surface area (Å²) in [5, 5.41) is 12.1. The SMILES string of the molecule is O=C(CCCNC(=O)c1ccc(Cl)nc1)c1ccc(OC2CCC(C(=O)O)CC2)cc1. The van der Waals surface area contributed by atoms with E-state index < -0.39 is 5.97 Å². The summed E-state index contributed by atoms with van der Waals surface area (Å²) in [7, 11) is 0. The van der Waals surface area contributed by atoms with Crippen LogP contribution in [0.15, 0.2) is 42.6 Å². The molecule has 0 radical (unpaired) electrons. The molecule has 0 bridgehead atoms. The van der Waals surface area contributed by atoms with Gasteiger partial charge in [-0.1, -0.05) is 11.6 Å². The van der Waals surface area contributed by atoms with E-state index in [4.69, 9.17) is 21.4 Å². The Labute approximate surface area is 185 Å². The number of carbonyl (C=O) groups is 3. The molecule has 3 rings (SSSR count). The number of hydrogen-bond acceptors (Lipinski definition) is 5. The van der Waals surface area contributed by atoms with Gasteiger partial charge in [0, 0.05) is 24.7 Å². The van der Waals surface area contributed by atoms with Gasteiger partial charge in [0.05, 0.1) is 17.6 Å². The molecule has 1 fully saturated rings. The van der Waals surface area contributed by atoms with Crippen molar-refractivity contribution in [3.63, 3.8) is 0 Å². The van der Waals surface area contributed by atoms with Crippen molar-refractivity contribution in [1.82, 2.24) is 10.3 Å². The topological polar surface area (TPSA) is 106 Å². The van der Waals surface area contributed by atoms with Crippen LogP contribution >= 0.6 is 11.6 Å². The molecular weight excluding hydrogens is 420 g/mol. The Kier molecular flexibility index (Phi) is 8.00. The number of nitrogens with zero attached hydrogens (tertiary/aromatic N) is 1. The van der Waals surface area contributed by atoms with Crippen molar-refractivity contribution in [2.24, 2.45) is 5.92 Å². The second-order valence-corrected chi connectivity index (χ2v) is 7.99. The summed E-state index contributed by atoms with van der Waals surface area (Å²) in [4.78, 5) is 39.3. The summed E-state index contributed by atoms with van der Waals surface area (Å²) in [6, 6.07) is 10.2. The summed E-state index contributed by atoms with van der Waals surface area (Å²) in [6.07, 6.45) is 4.95. The number of carbonyl (C=O) groups excluding carboxylic acids is 2. The quantitative estimate of drug-likeness (QED) is 0.342. The van der Waals surface area contributed by atoms with Crippen molar-refractivity contribution in [2.75, 3.05) is 6.54 Å². The van der Waals surface area contributed by atoms with E-state index in [-0.39, 0.29) is 23.7 Å². The van der Waals surface area contributed by atoms with Crippen molar-refractivity contribution in [2.45, 2.75) is 44.6 Å². The molecule has 1 heterocycles. The molecule has 1 aliphatic rings. The Bertz CT molecular complexity index is 907. The van der Waals surface area contributed by atoms with Gasteiger partial charge in [-0.05, 0) is 68.5 Å². The standard InChI is InChI=1S/C23H25ClN2O5/c24-21-12-7-17(14-26-21)22(28)25-13-1-2-20(27)15-3-8-18(9-4-15)31-19-10-5-16(6-11-19)23(29)30/h3-4,7-9,12,14,16,19H,1-2,5-6,10-11,13H2,(H,25,28)(H,29,30). The van der Waals surface area contributed by atoms with Gasteiger partial charge >= 0.3 is 5.97 Å². The predicted octanol–water partition coefficient (Wildman–Crippen LogP) is 4.15. The first-order valence-electron chi connectivity index (χ1n) is 10.3. The molecule has 1 aromatic carbocycles. The molecule has 2 aromatic rings. The average molecular weight is 445 g/mol. The van der Waals surface area contributed by atoms with Crippen LogP contribution in [0.4, 0.5) is 0 Å². The maximum atomic E-state index is 12.4. The highest BCUT2D eigenvalue weighted by Gasteiger charge is 2.26. The maximum absolute atomic E-state index is 12.4. The first kappa shape index (κ1) is 22.7. The molecule has 0 unspecified atom stereocenters. The first-order valence-corrected chi connectivity index (χ1v) is 10.7. The van der Waals surface area contributed by atoms with E-state index in [1.54, 1.807) is 36.4 Å². The summed E-state index contributed by atoms with van der Waals surface area (Å²) < 4.78 is 5.93. The third-order valence-corrected chi connectivity index (χ3v) is 5.58. The van der Waals surface area contributed by atoms with E-state index in [1.807, 2.05) is 0 Å². The van der Waals surface area contributed by atoms with E-state index in [9.17, 15) is 14.4 Å². The summed E-state index contributed by atoms with van der Waals surface area (Å²) in [6.45, 7) is 0.382. The van der Waals surface area contributed by atoms with Gasteiger partial charge in [-0.25, -0.2) is 4.98 Å². The molecule has 0 saturated heterocycles. The van der Waals surface area contributed by atoms with Crippen LogP contribution in [0, 0.1) is 5.92 Å². The number of benzene rings is 1. The zero-order valence-electron chi connectivity index (χ0n) is 17.1. The van der Waals surface area contributed by atoms with Crippen LogP contribution in [0.3, 0.4) is 0 Å². The average Bonchev–Trinajstić information content (AvgIpc) is 2.78.